The molecule has 0 radical (unpaired) electrons. The first-order chi connectivity index (χ1) is 10.5. The summed E-state index contributed by atoms with van der Waals surface area (Å²) >= 11 is 3.16. The quantitative estimate of drug-likeness (QED) is 0.824. The van der Waals surface area contributed by atoms with Crippen molar-refractivity contribution in [1.82, 2.24) is 5.32 Å². The van der Waals surface area contributed by atoms with E-state index in [9.17, 15) is 14.0 Å². The molecule has 1 aromatic rings. The van der Waals surface area contributed by atoms with Crippen LogP contribution in [0.5, 0.6) is 0 Å². The van der Waals surface area contributed by atoms with E-state index < -0.39 is 18.4 Å². The molecule has 0 bridgehead atoms. The van der Waals surface area contributed by atoms with Crippen molar-refractivity contribution >= 4 is 27.8 Å². The van der Waals surface area contributed by atoms with Crippen LogP contribution in [-0.4, -0.2) is 24.5 Å². The van der Waals surface area contributed by atoms with Gasteiger partial charge in [0.2, 0.25) is 0 Å². The lowest BCUT2D eigenvalue weighted by Crippen LogP contribution is -2.42. The van der Waals surface area contributed by atoms with Crippen LogP contribution in [0.4, 0.5) is 4.39 Å². The van der Waals surface area contributed by atoms with Crippen molar-refractivity contribution in [2.45, 2.75) is 38.6 Å². The first kappa shape index (κ1) is 16.9. The van der Waals surface area contributed by atoms with Crippen LogP contribution in [0.25, 0.3) is 0 Å². The number of rotatable bonds is 4. The van der Waals surface area contributed by atoms with Crippen molar-refractivity contribution in [2.75, 3.05) is 6.61 Å². The smallest absolute Gasteiger partial charge is 0.341 e. The van der Waals surface area contributed by atoms with Gasteiger partial charge in [-0.2, -0.15) is 0 Å². The summed E-state index contributed by atoms with van der Waals surface area (Å²) in [4.78, 5) is 23.7. The van der Waals surface area contributed by atoms with Crippen molar-refractivity contribution in [3.63, 3.8) is 0 Å². The first-order valence-electron chi connectivity index (χ1n) is 7.39. The van der Waals surface area contributed by atoms with Crippen LogP contribution in [0.1, 0.15) is 43.0 Å². The molecule has 2 rings (SSSR count). The van der Waals surface area contributed by atoms with Crippen LogP contribution >= 0.6 is 15.9 Å². The molecule has 120 valence electrons. The molecule has 1 amide bonds. The third-order valence-electron chi connectivity index (χ3n) is 3.94. The number of esters is 1. The highest BCUT2D eigenvalue weighted by atomic mass is 79.9. The van der Waals surface area contributed by atoms with Crippen molar-refractivity contribution in [2.24, 2.45) is 5.92 Å². The zero-order chi connectivity index (χ0) is 16.1. The van der Waals surface area contributed by atoms with Crippen LogP contribution in [0.3, 0.4) is 0 Å². The summed E-state index contributed by atoms with van der Waals surface area (Å²) in [5.74, 6) is -1.43. The van der Waals surface area contributed by atoms with Gasteiger partial charge in [-0.25, -0.2) is 9.18 Å². The third-order valence-corrected chi connectivity index (χ3v) is 4.43. The molecule has 1 aliphatic carbocycles. The second-order valence-electron chi connectivity index (χ2n) is 5.64. The summed E-state index contributed by atoms with van der Waals surface area (Å²) in [6.45, 7) is 1.71. The van der Waals surface area contributed by atoms with E-state index in [0.29, 0.717) is 10.4 Å². The largest absolute Gasteiger partial charge is 0.452 e. The van der Waals surface area contributed by atoms with Crippen LogP contribution < -0.4 is 5.32 Å². The molecular formula is C16H19BrFNO3. The Bertz CT molecular complexity index is 564. The Hall–Kier alpha value is -1.43. The average molecular weight is 372 g/mol. The second kappa shape index (κ2) is 7.72. The summed E-state index contributed by atoms with van der Waals surface area (Å²) in [5, 5.41) is 2.88. The van der Waals surface area contributed by atoms with Gasteiger partial charge in [0.25, 0.3) is 5.91 Å². The molecule has 0 unspecified atom stereocenters. The number of ether oxygens (including phenoxy) is 1. The SMILES string of the molecule is C[C@@H]1CCCC[C@H]1NC(=O)COC(=O)c1cc(Br)ccc1F. The van der Waals surface area contributed by atoms with Gasteiger partial charge in [0.15, 0.2) is 6.61 Å². The lowest BCUT2D eigenvalue weighted by atomic mass is 9.86. The van der Waals surface area contributed by atoms with E-state index in [1.807, 2.05) is 0 Å². The fourth-order valence-corrected chi connectivity index (χ4v) is 3.00. The maximum absolute atomic E-state index is 13.5. The van der Waals surface area contributed by atoms with Crippen LogP contribution in [0.15, 0.2) is 22.7 Å². The molecule has 0 heterocycles. The molecule has 1 fully saturated rings. The number of halogens is 2. The Balaban J connectivity index is 1.85. The number of amides is 1. The molecule has 0 spiro atoms. The Morgan fingerprint density at radius 1 is 1.36 bits per heavy atom. The van der Waals surface area contributed by atoms with Gasteiger partial charge in [-0.05, 0) is 37.0 Å². The van der Waals surface area contributed by atoms with Gasteiger partial charge < -0.3 is 10.1 Å². The first-order valence-corrected chi connectivity index (χ1v) is 8.18. The average Bonchev–Trinajstić information content (AvgIpc) is 2.49. The van der Waals surface area contributed by atoms with Gasteiger partial charge in [0, 0.05) is 10.5 Å². The van der Waals surface area contributed by atoms with Gasteiger partial charge in [-0.1, -0.05) is 35.7 Å². The molecule has 22 heavy (non-hydrogen) atoms. The predicted molar refractivity (Wildman–Crippen MR) is 83.9 cm³/mol. The number of carbonyl (C=O) groups is 2. The maximum atomic E-state index is 13.5. The lowest BCUT2D eigenvalue weighted by Gasteiger charge is -2.29. The van der Waals surface area contributed by atoms with E-state index in [0.717, 1.165) is 19.3 Å². The Morgan fingerprint density at radius 3 is 2.82 bits per heavy atom. The molecule has 0 aliphatic heterocycles. The molecular weight excluding hydrogens is 353 g/mol. The van der Waals surface area contributed by atoms with Crippen LogP contribution in [0.2, 0.25) is 0 Å². The predicted octanol–water partition coefficient (Wildman–Crippen LogP) is 3.44. The van der Waals surface area contributed by atoms with E-state index in [1.54, 1.807) is 0 Å². The van der Waals surface area contributed by atoms with Crippen molar-refractivity contribution in [3.8, 4) is 0 Å². The third kappa shape index (κ3) is 4.53. The highest BCUT2D eigenvalue weighted by Gasteiger charge is 2.23. The van der Waals surface area contributed by atoms with Gasteiger partial charge in [-0.15, -0.1) is 0 Å². The van der Waals surface area contributed by atoms with E-state index >= 15 is 0 Å². The zero-order valence-corrected chi connectivity index (χ0v) is 14.0. The molecule has 4 nitrogen and oxygen atoms in total. The van der Waals surface area contributed by atoms with Gasteiger partial charge >= 0.3 is 5.97 Å². The number of hydrogen-bond donors (Lipinski definition) is 1. The van der Waals surface area contributed by atoms with E-state index in [2.05, 4.69) is 28.2 Å². The lowest BCUT2D eigenvalue weighted by molar-refractivity contribution is -0.125. The second-order valence-corrected chi connectivity index (χ2v) is 6.55. The Morgan fingerprint density at radius 2 is 2.09 bits per heavy atom. The van der Waals surface area contributed by atoms with Crippen molar-refractivity contribution in [1.29, 1.82) is 0 Å². The van der Waals surface area contributed by atoms with Gasteiger partial charge in [0.1, 0.15) is 5.82 Å². The fraction of sp³-hybridized carbons (Fsp3) is 0.500. The van der Waals surface area contributed by atoms with Gasteiger partial charge in [0.05, 0.1) is 5.56 Å². The summed E-state index contributed by atoms with van der Waals surface area (Å²) in [7, 11) is 0. The van der Waals surface area contributed by atoms with Crippen molar-refractivity contribution in [3.05, 3.63) is 34.1 Å². The van der Waals surface area contributed by atoms with E-state index in [4.69, 9.17) is 4.74 Å². The molecule has 6 heteroatoms. The number of carbonyl (C=O) groups excluding carboxylic acids is 2. The molecule has 1 aromatic carbocycles. The summed E-state index contributed by atoms with van der Waals surface area (Å²) in [5.41, 5.74) is -0.187. The number of hydrogen-bond acceptors (Lipinski definition) is 3. The topological polar surface area (TPSA) is 55.4 Å². The highest BCUT2D eigenvalue weighted by molar-refractivity contribution is 9.10. The maximum Gasteiger partial charge on any atom is 0.341 e. The molecule has 0 aromatic heterocycles. The molecule has 1 saturated carbocycles. The minimum Gasteiger partial charge on any atom is -0.452 e. The minimum atomic E-state index is -0.842. The summed E-state index contributed by atoms with van der Waals surface area (Å²) in [6, 6.07) is 4.12. The molecule has 1 aliphatic rings. The molecule has 0 saturated heterocycles. The zero-order valence-electron chi connectivity index (χ0n) is 12.4. The number of benzene rings is 1. The van der Waals surface area contributed by atoms with E-state index in [-0.39, 0.29) is 17.5 Å². The summed E-state index contributed by atoms with van der Waals surface area (Å²) < 4.78 is 19.0. The van der Waals surface area contributed by atoms with Gasteiger partial charge in [-0.3, -0.25) is 4.79 Å². The Labute approximate surface area is 137 Å². The monoisotopic (exact) mass is 371 g/mol. The fourth-order valence-electron chi connectivity index (χ4n) is 2.64. The molecule has 2 atom stereocenters. The standard InChI is InChI=1S/C16H19BrFNO3/c1-10-4-2-3-5-14(10)19-15(20)9-22-16(21)12-8-11(17)6-7-13(12)18/h6-8,10,14H,2-5,9H2,1H3,(H,19,20)/t10-,14-/m1/s1. The van der Waals surface area contributed by atoms with Crippen molar-refractivity contribution < 1.29 is 18.7 Å². The summed E-state index contributed by atoms with van der Waals surface area (Å²) in [6.07, 6.45) is 4.32. The normalized spacial score (nSPS) is 21.2. The highest BCUT2D eigenvalue weighted by Crippen LogP contribution is 2.23. The number of nitrogens with one attached hydrogen (secondary N) is 1. The minimum absolute atomic E-state index is 0.127. The van der Waals surface area contributed by atoms with Crippen LogP contribution in [0, 0.1) is 11.7 Å². The molecule has 1 N–H and O–H groups in total. The Kier molecular flexibility index (Phi) is 5.94. The van der Waals surface area contributed by atoms with E-state index in [1.165, 1.54) is 24.6 Å². The van der Waals surface area contributed by atoms with Crippen LogP contribution in [-0.2, 0) is 9.53 Å².